The number of carbonyl (C=O) groups excluding carboxylic acids is 1. The molecule has 2 aromatic rings. The molecule has 2 saturated carbocycles. The maximum Gasteiger partial charge on any atom is 0.251 e. The predicted molar refractivity (Wildman–Crippen MR) is 89.7 cm³/mol. The van der Waals surface area contributed by atoms with E-state index in [0.717, 1.165) is 0 Å². The van der Waals surface area contributed by atoms with Crippen molar-refractivity contribution in [3.05, 3.63) is 52.8 Å². The van der Waals surface area contributed by atoms with Crippen LogP contribution in [0.2, 0.25) is 0 Å². The molecule has 1 aromatic carbocycles. The van der Waals surface area contributed by atoms with Crippen LogP contribution < -0.4 is 5.32 Å². The van der Waals surface area contributed by atoms with Gasteiger partial charge < -0.3 is 5.32 Å². The zero-order valence-corrected chi connectivity index (χ0v) is 13.5. The molecule has 1 aromatic heterocycles. The number of benzene rings is 1. The van der Waals surface area contributed by atoms with E-state index in [-0.39, 0.29) is 5.91 Å². The summed E-state index contributed by atoms with van der Waals surface area (Å²) in [4.78, 5) is 12.2. The third kappa shape index (κ3) is 3.18. The number of nitriles is 1. The number of nitrogens with one attached hydrogen (secondary N) is 1. The zero-order chi connectivity index (χ0) is 16.5. The van der Waals surface area contributed by atoms with Crippen molar-refractivity contribution in [2.75, 3.05) is 6.54 Å². The first-order valence-corrected chi connectivity index (χ1v) is 8.60. The molecule has 2 aliphatic carbocycles. The average molecular weight is 320 g/mol. The van der Waals surface area contributed by atoms with Gasteiger partial charge in [-0.15, -0.1) is 0 Å². The number of hydrogen-bond donors (Lipinski definition) is 1. The molecule has 0 spiro atoms. The van der Waals surface area contributed by atoms with Gasteiger partial charge in [-0.2, -0.15) is 10.4 Å². The molecule has 0 atom stereocenters. The Morgan fingerprint density at radius 2 is 1.92 bits per heavy atom. The molecule has 5 nitrogen and oxygen atoms in total. The second-order valence-corrected chi connectivity index (χ2v) is 6.71. The summed E-state index contributed by atoms with van der Waals surface area (Å²) in [6, 6.07) is 11.0. The molecule has 0 unspecified atom stereocenters. The van der Waals surface area contributed by atoms with Gasteiger partial charge in [-0.1, -0.05) is 0 Å². The molecule has 1 heterocycles. The number of carbonyl (C=O) groups is 1. The summed E-state index contributed by atoms with van der Waals surface area (Å²) in [7, 11) is 0. The van der Waals surface area contributed by atoms with Crippen molar-refractivity contribution in [1.29, 1.82) is 5.26 Å². The van der Waals surface area contributed by atoms with Crippen LogP contribution in [-0.4, -0.2) is 22.2 Å². The number of nitrogens with zero attached hydrogens (tertiary/aromatic N) is 3. The molecule has 0 bridgehead atoms. The van der Waals surface area contributed by atoms with E-state index >= 15 is 0 Å². The molecule has 4 rings (SSSR count). The highest BCUT2D eigenvalue weighted by molar-refractivity contribution is 5.94. The van der Waals surface area contributed by atoms with Gasteiger partial charge in [-0.3, -0.25) is 9.48 Å². The standard InChI is InChI=1S/C19H20N4O/c20-12-13-1-3-16(4-2-13)19(24)21-9-10-23-18(15-7-8-15)11-17(22-23)14-5-6-14/h1-4,11,14-15H,5-10H2,(H,21,24). The van der Waals surface area contributed by atoms with Gasteiger partial charge in [-0.25, -0.2) is 0 Å². The molecule has 24 heavy (non-hydrogen) atoms. The number of rotatable bonds is 6. The topological polar surface area (TPSA) is 70.7 Å². The van der Waals surface area contributed by atoms with Gasteiger partial charge in [0, 0.05) is 29.6 Å². The number of amides is 1. The van der Waals surface area contributed by atoms with Crippen molar-refractivity contribution >= 4 is 5.91 Å². The Morgan fingerprint density at radius 1 is 1.21 bits per heavy atom. The molecule has 2 fully saturated rings. The van der Waals surface area contributed by atoms with Crippen LogP contribution in [0, 0.1) is 11.3 Å². The van der Waals surface area contributed by atoms with Crippen LogP contribution in [0.3, 0.4) is 0 Å². The van der Waals surface area contributed by atoms with Gasteiger partial charge in [0.05, 0.1) is 23.9 Å². The smallest absolute Gasteiger partial charge is 0.251 e. The fraction of sp³-hybridized carbons (Fsp3) is 0.421. The molecular weight excluding hydrogens is 300 g/mol. The summed E-state index contributed by atoms with van der Waals surface area (Å²) in [5, 5.41) is 16.5. The van der Waals surface area contributed by atoms with Crippen LogP contribution in [0.4, 0.5) is 0 Å². The minimum atomic E-state index is -0.109. The first kappa shape index (κ1) is 14.9. The summed E-state index contributed by atoms with van der Waals surface area (Å²) in [5.74, 6) is 1.22. The number of aromatic nitrogens is 2. The second kappa shape index (κ2) is 6.12. The minimum Gasteiger partial charge on any atom is -0.350 e. The predicted octanol–water partition coefficient (Wildman–Crippen LogP) is 2.94. The normalized spacial score (nSPS) is 16.6. The van der Waals surface area contributed by atoms with E-state index in [1.807, 2.05) is 0 Å². The molecule has 1 amide bonds. The van der Waals surface area contributed by atoms with Gasteiger partial charge in [0.1, 0.15) is 0 Å². The quantitative estimate of drug-likeness (QED) is 0.889. The highest BCUT2D eigenvalue weighted by atomic mass is 16.1. The Hall–Kier alpha value is -2.61. The first-order chi connectivity index (χ1) is 11.7. The monoisotopic (exact) mass is 320 g/mol. The number of hydrogen-bond acceptors (Lipinski definition) is 3. The Balaban J connectivity index is 1.36. The van der Waals surface area contributed by atoms with E-state index in [1.165, 1.54) is 37.1 Å². The minimum absolute atomic E-state index is 0.109. The third-order valence-electron chi connectivity index (χ3n) is 4.71. The van der Waals surface area contributed by atoms with Gasteiger partial charge in [0.2, 0.25) is 0 Å². The highest BCUT2D eigenvalue weighted by Crippen LogP contribution is 2.44. The lowest BCUT2D eigenvalue weighted by Crippen LogP contribution is -2.28. The van der Waals surface area contributed by atoms with Gasteiger partial charge in [-0.05, 0) is 56.0 Å². The van der Waals surface area contributed by atoms with Crippen LogP contribution in [0.5, 0.6) is 0 Å². The molecule has 5 heteroatoms. The Labute approximate surface area is 141 Å². The van der Waals surface area contributed by atoms with E-state index in [9.17, 15) is 4.79 Å². The van der Waals surface area contributed by atoms with Crippen LogP contribution in [0.1, 0.15) is 64.8 Å². The van der Waals surface area contributed by atoms with E-state index < -0.39 is 0 Å². The molecule has 1 N–H and O–H groups in total. The largest absolute Gasteiger partial charge is 0.350 e. The summed E-state index contributed by atoms with van der Waals surface area (Å²) < 4.78 is 2.09. The Morgan fingerprint density at radius 3 is 2.54 bits per heavy atom. The SMILES string of the molecule is N#Cc1ccc(C(=O)NCCn2nc(C3CC3)cc2C2CC2)cc1. The first-order valence-electron chi connectivity index (χ1n) is 8.60. The fourth-order valence-corrected chi connectivity index (χ4v) is 2.99. The zero-order valence-electron chi connectivity index (χ0n) is 13.5. The van der Waals surface area contributed by atoms with Crippen molar-refractivity contribution in [2.24, 2.45) is 0 Å². The Bertz CT molecular complexity index is 792. The highest BCUT2D eigenvalue weighted by Gasteiger charge is 2.32. The second-order valence-electron chi connectivity index (χ2n) is 6.71. The lowest BCUT2D eigenvalue weighted by Gasteiger charge is -2.08. The van der Waals surface area contributed by atoms with E-state index in [2.05, 4.69) is 22.1 Å². The van der Waals surface area contributed by atoms with Crippen molar-refractivity contribution in [1.82, 2.24) is 15.1 Å². The van der Waals surface area contributed by atoms with E-state index in [1.54, 1.807) is 24.3 Å². The molecule has 0 saturated heterocycles. The van der Waals surface area contributed by atoms with Crippen molar-refractivity contribution in [2.45, 2.75) is 44.1 Å². The van der Waals surface area contributed by atoms with Gasteiger partial charge in [0.15, 0.2) is 0 Å². The van der Waals surface area contributed by atoms with Crippen LogP contribution in [0.25, 0.3) is 0 Å². The summed E-state index contributed by atoms with van der Waals surface area (Å²) in [5.41, 5.74) is 3.71. The summed E-state index contributed by atoms with van der Waals surface area (Å²) >= 11 is 0. The maximum absolute atomic E-state index is 12.2. The van der Waals surface area contributed by atoms with Crippen molar-refractivity contribution < 1.29 is 4.79 Å². The Kier molecular flexibility index (Phi) is 3.81. The van der Waals surface area contributed by atoms with Gasteiger partial charge in [0.25, 0.3) is 5.91 Å². The summed E-state index contributed by atoms with van der Waals surface area (Å²) in [6.07, 6.45) is 5.04. The molecular formula is C19H20N4O. The van der Waals surface area contributed by atoms with Crippen LogP contribution >= 0.6 is 0 Å². The van der Waals surface area contributed by atoms with Crippen LogP contribution in [-0.2, 0) is 6.54 Å². The van der Waals surface area contributed by atoms with Crippen molar-refractivity contribution in [3.8, 4) is 6.07 Å². The molecule has 2 aliphatic rings. The van der Waals surface area contributed by atoms with E-state index in [4.69, 9.17) is 10.4 Å². The third-order valence-corrected chi connectivity index (χ3v) is 4.71. The van der Waals surface area contributed by atoms with E-state index in [0.29, 0.717) is 36.1 Å². The van der Waals surface area contributed by atoms with Crippen molar-refractivity contribution in [3.63, 3.8) is 0 Å². The molecule has 0 radical (unpaired) electrons. The maximum atomic E-state index is 12.2. The molecule has 0 aliphatic heterocycles. The molecule has 122 valence electrons. The lowest BCUT2D eigenvalue weighted by atomic mass is 10.1. The van der Waals surface area contributed by atoms with Gasteiger partial charge >= 0.3 is 0 Å². The summed E-state index contributed by atoms with van der Waals surface area (Å²) in [6.45, 7) is 1.27. The fourth-order valence-electron chi connectivity index (χ4n) is 2.99. The lowest BCUT2D eigenvalue weighted by molar-refractivity contribution is 0.0952. The van der Waals surface area contributed by atoms with Crippen LogP contribution in [0.15, 0.2) is 30.3 Å². The average Bonchev–Trinajstić information content (AvgIpc) is 3.53.